The van der Waals surface area contributed by atoms with E-state index < -0.39 is 0 Å². The van der Waals surface area contributed by atoms with Gasteiger partial charge in [0.05, 0.1) is 0 Å². The summed E-state index contributed by atoms with van der Waals surface area (Å²) in [5.41, 5.74) is 0. The molecule has 0 rings (SSSR count). The Hall–Kier alpha value is -0.330. The van der Waals surface area contributed by atoms with Crippen LogP contribution < -0.4 is 0 Å². The topological polar surface area (TPSA) is 17.1 Å². The summed E-state index contributed by atoms with van der Waals surface area (Å²) in [6, 6.07) is 0. The molecule has 0 aromatic rings. The summed E-state index contributed by atoms with van der Waals surface area (Å²) in [6.45, 7) is 8.32. The fourth-order valence-electron chi connectivity index (χ4n) is 1.51. The van der Waals surface area contributed by atoms with E-state index in [0.29, 0.717) is 17.6 Å². The Morgan fingerprint density at radius 1 is 1.33 bits per heavy atom. The van der Waals surface area contributed by atoms with Gasteiger partial charge in [-0.1, -0.05) is 33.6 Å². The van der Waals surface area contributed by atoms with E-state index in [4.69, 9.17) is 0 Å². The van der Waals surface area contributed by atoms with E-state index in [2.05, 4.69) is 20.8 Å². The van der Waals surface area contributed by atoms with Gasteiger partial charge in [0, 0.05) is 6.42 Å². The molecule has 0 N–H and O–H groups in total. The van der Waals surface area contributed by atoms with Gasteiger partial charge in [-0.05, 0) is 25.2 Å². The van der Waals surface area contributed by atoms with Crippen molar-refractivity contribution in [3.63, 3.8) is 0 Å². The van der Waals surface area contributed by atoms with Crippen LogP contribution in [0.3, 0.4) is 0 Å². The summed E-state index contributed by atoms with van der Waals surface area (Å²) in [4.78, 5) is 10.9. The van der Waals surface area contributed by atoms with Crippen LogP contribution in [-0.2, 0) is 4.79 Å². The number of carbonyl (C=O) groups is 1. The molecule has 0 aliphatic rings. The maximum atomic E-state index is 10.9. The normalized spacial score (nSPS) is 13.4. The lowest BCUT2D eigenvalue weighted by atomic mass is 9.87. The average Bonchev–Trinajstić information content (AvgIpc) is 1.96. The van der Waals surface area contributed by atoms with Crippen molar-refractivity contribution in [1.29, 1.82) is 0 Å². The molecule has 0 aliphatic heterocycles. The fraction of sp³-hybridized carbons (Fsp3) is 0.909. The number of rotatable bonds is 6. The van der Waals surface area contributed by atoms with Crippen molar-refractivity contribution in [2.24, 2.45) is 11.8 Å². The Balaban J connectivity index is 3.78. The number of hydrogen-bond acceptors (Lipinski definition) is 1. The molecule has 0 heterocycles. The first-order valence-corrected chi connectivity index (χ1v) is 5.07. The lowest BCUT2D eigenvalue weighted by Crippen LogP contribution is -2.12. The second-order valence-corrected chi connectivity index (χ2v) is 4.05. The van der Waals surface area contributed by atoms with Gasteiger partial charge >= 0.3 is 0 Å². The first-order chi connectivity index (χ1) is 5.57. The fourth-order valence-corrected chi connectivity index (χ4v) is 1.51. The van der Waals surface area contributed by atoms with Crippen LogP contribution in [0.2, 0.25) is 0 Å². The molecule has 12 heavy (non-hydrogen) atoms. The smallest absolute Gasteiger partial charge is 0.130 e. The summed E-state index contributed by atoms with van der Waals surface area (Å²) >= 11 is 0. The van der Waals surface area contributed by atoms with Crippen LogP contribution in [0.25, 0.3) is 0 Å². The standard InChI is InChI=1S/C11H22O/c1-5-6-7-11(9(2)3)8-10(4)12/h9,11H,5-8H2,1-4H3. The minimum absolute atomic E-state index is 0.338. The summed E-state index contributed by atoms with van der Waals surface area (Å²) in [5.74, 6) is 1.60. The Kier molecular flexibility index (Phi) is 6.04. The van der Waals surface area contributed by atoms with Crippen LogP contribution in [0.1, 0.15) is 53.4 Å². The van der Waals surface area contributed by atoms with Crippen molar-refractivity contribution in [2.45, 2.75) is 53.4 Å². The molecule has 0 radical (unpaired) electrons. The molecule has 0 aromatic heterocycles. The highest BCUT2D eigenvalue weighted by Crippen LogP contribution is 2.21. The quantitative estimate of drug-likeness (QED) is 0.597. The van der Waals surface area contributed by atoms with Gasteiger partial charge in [-0.2, -0.15) is 0 Å². The van der Waals surface area contributed by atoms with Gasteiger partial charge in [-0.15, -0.1) is 0 Å². The van der Waals surface area contributed by atoms with E-state index in [1.165, 1.54) is 19.3 Å². The second-order valence-electron chi connectivity index (χ2n) is 4.05. The molecule has 72 valence electrons. The van der Waals surface area contributed by atoms with E-state index in [-0.39, 0.29) is 0 Å². The van der Waals surface area contributed by atoms with E-state index in [1.807, 2.05) is 0 Å². The summed E-state index contributed by atoms with van der Waals surface area (Å²) in [6.07, 6.45) is 4.49. The van der Waals surface area contributed by atoms with Crippen LogP contribution in [0.15, 0.2) is 0 Å². The van der Waals surface area contributed by atoms with Gasteiger partial charge in [-0.25, -0.2) is 0 Å². The van der Waals surface area contributed by atoms with Gasteiger partial charge in [-0.3, -0.25) is 0 Å². The molecule has 1 unspecified atom stereocenters. The third-order valence-electron chi connectivity index (χ3n) is 2.42. The zero-order valence-corrected chi connectivity index (χ0v) is 8.89. The van der Waals surface area contributed by atoms with Crippen LogP contribution in [-0.4, -0.2) is 5.78 Å². The number of ketones is 1. The van der Waals surface area contributed by atoms with Crippen LogP contribution in [0.5, 0.6) is 0 Å². The van der Waals surface area contributed by atoms with Gasteiger partial charge in [0.25, 0.3) is 0 Å². The van der Waals surface area contributed by atoms with Gasteiger partial charge in [0.15, 0.2) is 0 Å². The van der Waals surface area contributed by atoms with Crippen molar-refractivity contribution >= 4 is 5.78 Å². The molecular formula is C11H22O. The molecular weight excluding hydrogens is 148 g/mol. The SMILES string of the molecule is CCCCC(CC(C)=O)C(C)C. The molecule has 0 saturated carbocycles. The Labute approximate surface area is 76.6 Å². The van der Waals surface area contributed by atoms with Crippen LogP contribution in [0, 0.1) is 11.8 Å². The summed E-state index contributed by atoms with van der Waals surface area (Å²) in [5, 5.41) is 0. The largest absolute Gasteiger partial charge is 0.300 e. The molecule has 0 amide bonds. The molecule has 1 nitrogen and oxygen atoms in total. The Morgan fingerprint density at radius 3 is 2.25 bits per heavy atom. The monoisotopic (exact) mass is 170 g/mol. The number of Topliss-reactive ketones (excluding diaryl/α,β-unsaturated/α-hetero) is 1. The zero-order chi connectivity index (χ0) is 9.56. The predicted octanol–water partition coefficient (Wildman–Crippen LogP) is 3.43. The number of carbonyl (C=O) groups excluding carboxylic acids is 1. The summed E-state index contributed by atoms with van der Waals surface area (Å²) in [7, 11) is 0. The lowest BCUT2D eigenvalue weighted by Gasteiger charge is -2.18. The Morgan fingerprint density at radius 2 is 1.92 bits per heavy atom. The van der Waals surface area contributed by atoms with Crippen LogP contribution >= 0.6 is 0 Å². The maximum Gasteiger partial charge on any atom is 0.130 e. The highest BCUT2D eigenvalue weighted by Gasteiger charge is 2.14. The second kappa shape index (κ2) is 6.22. The molecule has 0 aromatic carbocycles. The zero-order valence-electron chi connectivity index (χ0n) is 8.89. The van der Waals surface area contributed by atoms with Gasteiger partial charge < -0.3 is 4.79 Å². The molecule has 0 saturated heterocycles. The number of hydrogen-bond donors (Lipinski definition) is 0. The highest BCUT2D eigenvalue weighted by atomic mass is 16.1. The van der Waals surface area contributed by atoms with E-state index >= 15 is 0 Å². The highest BCUT2D eigenvalue weighted by molar-refractivity contribution is 5.75. The van der Waals surface area contributed by atoms with E-state index in [0.717, 1.165) is 6.42 Å². The molecule has 0 spiro atoms. The minimum Gasteiger partial charge on any atom is -0.300 e. The van der Waals surface area contributed by atoms with Gasteiger partial charge in [0.1, 0.15) is 5.78 Å². The molecule has 0 bridgehead atoms. The molecule has 1 atom stereocenters. The van der Waals surface area contributed by atoms with Crippen molar-refractivity contribution in [3.05, 3.63) is 0 Å². The molecule has 1 heteroatoms. The molecule has 0 aliphatic carbocycles. The minimum atomic E-state index is 0.338. The lowest BCUT2D eigenvalue weighted by molar-refractivity contribution is -0.118. The first kappa shape index (κ1) is 11.7. The average molecular weight is 170 g/mol. The van der Waals surface area contributed by atoms with Crippen molar-refractivity contribution in [2.75, 3.05) is 0 Å². The van der Waals surface area contributed by atoms with Gasteiger partial charge in [0.2, 0.25) is 0 Å². The van der Waals surface area contributed by atoms with Crippen molar-refractivity contribution in [1.82, 2.24) is 0 Å². The predicted molar refractivity (Wildman–Crippen MR) is 53.2 cm³/mol. The number of unbranched alkanes of at least 4 members (excludes halogenated alkanes) is 1. The van der Waals surface area contributed by atoms with Crippen molar-refractivity contribution < 1.29 is 4.79 Å². The maximum absolute atomic E-state index is 10.9. The third-order valence-corrected chi connectivity index (χ3v) is 2.42. The molecule has 0 fully saturated rings. The first-order valence-electron chi connectivity index (χ1n) is 5.07. The summed E-state index contributed by atoms with van der Waals surface area (Å²) < 4.78 is 0. The van der Waals surface area contributed by atoms with Crippen molar-refractivity contribution in [3.8, 4) is 0 Å². The van der Waals surface area contributed by atoms with Crippen LogP contribution in [0.4, 0.5) is 0 Å². The Bertz CT molecular complexity index is 127. The third kappa shape index (κ3) is 5.34. The van der Waals surface area contributed by atoms with E-state index in [9.17, 15) is 4.79 Å². The van der Waals surface area contributed by atoms with E-state index in [1.54, 1.807) is 6.92 Å².